The van der Waals surface area contributed by atoms with Gasteiger partial charge < -0.3 is 4.43 Å². The van der Waals surface area contributed by atoms with Crippen LogP contribution in [-0.4, -0.2) is 8.32 Å². The lowest BCUT2D eigenvalue weighted by Crippen LogP contribution is -2.40. The fourth-order valence-electron chi connectivity index (χ4n) is 1.69. The summed E-state index contributed by atoms with van der Waals surface area (Å²) in [7, 11) is -1.66. The second-order valence-corrected chi connectivity index (χ2v) is 11.9. The molecule has 0 aliphatic heterocycles. The van der Waals surface area contributed by atoms with Crippen LogP contribution in [-0.2, 0) is 4.43 Å². The largest absolute Gasteiger partial charge is 0.547 e. The van der Waals surface area contributed by atoms with E-state index in [0.29, 0.717) is 5.04 Å². The van der Waals surface area contributed by atoms with Gasteiger partial charge in [-0.3, -0.25) is 0 Å². The first-order valence-electron chi connectivity index (χ1n) is 8.12. The highest BCUT2D eigenvalue weighted by Crippen LogP contribution is 2.38. The number of unbranched alkanes of at least 4 members (excludes halogenated alkanes) is 4. The van der Waals surface area contributed by atoms with E-state index < -0.39 is 8.32 Å². The van der Waals surface area contributed by atoms with Crippen LogP contribution in [0, 0.1) is 0 Å². The van der Waals surface area contributed by atoms with Crippen LogP contribution in [0.1, 0.15) is 79.6 Å². The lowest BCUT2D eigenvalue weighted by molar-refractivity contribution is 0.359. The number of hydrogen-bond acceptors (Lipinski definition) is 1. The Kier molecular flexibility index (Phi) is 8.72. The second-order valence-electron chi connectivity index (χ2n) is 7.13. The van der Waals surface area contributed by atoms with Crippen molar-refractivity contribution < 1.29 is 4.43 Å². The lowest BCUT2D eigenvalue weighted by Gasteiger charge is -2.37. The van der Waals surface area contributed by atoms with Crippen LogP contribution < -0.4 is 0 Å². The molecule has 0 aromatic carbocycles. The molecule has 0 fully saturated rings. The van der Waals surface area contributed by atoms with Crippen LogP contribution in [0.25, 0.3) is 0 Å². The van der Waals surface area contributed by atoms with Gasteiger partial charge in [0, 0.05) is 6.42 Å². The standard InChI is InChI=1S/C17H36OSi/c1-8-10-12-14-16(15-13-11-9-2)18-19(6,7)17(3,4)5/h14H,8-13,15H2,1-7H3/b16-14+. The second kappa shape index (κ2) is 8.83. The summed E-state index contributed by atoms with van der Waals surface area (Å²) in [6.45, 7) is 16.1. The molecule has 0 saturated carbocycles. The van der Waals surface area contributed by atoms with Crippen molar-refractivity contribution in [2.75, 3.05) is 0 Å². The molecule has 0 unspecified atom stereocenters. The summed E-state index contributed by atoms with van der Waals surface area (Å²) < 4.78 is 6.50. The highest BCUT2D eigenvalue weighted by molar-refractivity contribution is 6.74. The summed E-state index contributed by atoms with van der Waals surface area (Å²) in [5, 5.41) is 0.293. The first kappa shape index (κ1) is 18.8. The molecule has 0 aliphatic rings. The Morgan fingerprint density at radius 2 is 1.58 bits per heavy atom. The van der Waals surface area contributed by atoms with Crippen LogP contribution in [0.3, 0.4) is 0 Å². The van der Waals surface area contributed by atoms with Crippen LogP contribution in [0.5, 0.6) is 0 Å². The van der Waals surface area contributed by atoms with Crippen LogP contribution in [0.2, 0.25) is 18.1 Å². The Morgan fingerprint density at radius 3 is 2.05 bits per heavy atom. The van der Waals surface area contributed by atoms with Gasteiger partial charge >= 0.3 is 0 Å². The van der Waals surface area contributed by atoms with Crippen molar-refractivity contribution in [2.45, 2.75) is 97.7 Å². The lowest BCUT2D eigenvalue weighted by atomic mass is 10.1. The SMILES string of the molecule is CCCC/C=C(\CCCCC)O[Si](C)(C)C(C)(C)C. The highest BCUT2D eigenvalue weighted by Gasteiger charge is 2.39. The van der Waals surface area contributed by atoms with Gasteiger partial charge in [0.2, 0.25) is 8.32 Å². The van der Waals surface area contributed by atoms with E-state index in [0.717, 1.165) is 6.42 Å². The molecule has 0 amide bonds. The van der Waals surface area contributed by atoms with E-state index in [1.165, 1.54) is 44.3 Å². The zero-order valence-electron chi connectivity index (χ0n) is 14.4. The van der Waals surface area contributed by atoms with Crippen molar-refractivity contribution in [1.29, 1.82) is 0 Å². The molecule has 19 heavy (non-hydrogen) atoms. The summed E-state index contributed by atoms with van der Waals surface area (Å²) in [5.74, 6) is 1.27. The average Bonchev–Trinajstić information content (AvgIpc) is 2.27. The van der Waals surface area contributed by atoms with Crippen molar-refractivity contribution in [3.63, 3.8) is 0 Å². The topological polar surface area (TPSA) is 9.23 Å². The third kappa shape index (κ3) is 7.81. The molecule has 0 heterocycles. The molecule has 2 heteroatoms. The van der Waals surface area contributed by atoms with E-state index >= 15 is 0 Å². The Labute approximate surface area is 123 Å². The van der Waals surface area contributed by atoms with E-state index in [1.807, 2.05) is 0 Å². The minimum atomic E-state index is -1.66. The molecular weight excluding hydrogens is 248 g/mol. The Hall–Kier alpha value is -0.243. The van der Waals surface area contributed by atoms with E-state index in [-0.39, 0.29) is 0 Å². The molecule has 1 nitrogen and oxygen atoms in total. The predicted molar refractivity (Wildman–Crippen MR) is 90.0 cm³/mol. The minimum absolute atomic E-state index is 0.293. The van der Waals surface area contributed by atoms with Gasteiger partial charge in [-0.15, -0.1) is 0 Å². The molecular formula is C17H36OSi. The predicted octanol–water partition coefficient (Wildman–Crippen LogP) is 6.66. The Bertz CT molecular complexity index is 261. The first-order chi connectivity index (χ1) is 8.74. The smallest absolute Gasteiger partial charge is 0.250 e. The molecule has 0 radical (unpaired) electrons. The number of rotatable bonds is 9. The van der Waals surface area contributed by atoms with Gasteiger partial charge in [0.25, 0.3) is 0 Å². The molecule has 0 aromatic rings. The van der Waals surface area contributed by atoms with Crippen molar-refractivity contribution >= 4 is 8.32 Å². The van der Waals surface area contributed by atoms with Gasteiger partial charge in [0.05, 0.1) is 5.76 Å². The first-order valence-corrected chi connectivity index (χ1v) is 11.0. The molecule has 0 aliphatic carbocycles. The van der Waals surface area contributed by atoms with Crippen molar-refractivity contribution in [1.82, 2.24) is 0 Å². The summed E-state index contributed by atoms with van der Waals surface area (Å²) >= 11 is 0. The third-order valence-corrected chi connectivity index (χ3v) is 8.53. The van der Waals surface area contributed by atoms with Gasteiger partial charge in [0.1, 0.15) is 0 Å². The van der Waals surface area contributed by atoms with Gasteiger partial charge in [0.15, 0.2) is 0 Å². The van der Waals surface area contributed by atoms with Crippen LogP contribution in [0.15, 0.2) is 11.8 Å². The fourth-order valence-corrected chi connectivity index (χ4v) is 2.84. The summed E-state index contributed by atoms with van der Waals surface area (Å²) in [6.07, 6.45) is 11.1. The maximum absolute atomic E-state index is 6.50. The molecule has 0 N–H and O–H groups in total. The van der Waals surface area contributed by atoms with Gasteiger partial charge in [-0.25, -0.2) is 0 Å². The molecule has 0 aromatic heterocycles. The molecule has 0 atom stereocenters. The zero-order valence-corrected chi connectivity index (χ0v) is 15.4. The van der Waals surface area contributed by atoms with Crippen molar-refractivity contribution in [3.05, 3.63) is 11.8 Å². The quantitative estimate of drug-likeness (QED) is 0.261. The maximum atomic E-state index is 6.50. The average molecular weight is 285 g/mol. The Balaban J connectivity index is 4.60. The third-order valence-electron chi connectivity index (χ3n) is 4.15. The normalized spacial score (nSPS) is 13.7. The molecule has 0 saturated heterocycles. The summed E-state index contributed by atoms with van der Waals surface area (Å²) in [6, 6.07) is 0. The number of hydrogen-bond donors (Lipinski definition) is 0. The molecule has 0 spiro atoms. The molecule has 114 valence electrons. The van der Waals surface area contributed by atoms with Crippen molar-refractivity contribution in [2.24, 2.45) is 0 Å². The number of allylic oxidation sites excluding steroid dienone is 2. The maximum Gasteiger partial charge on any atom is 0.250 e. The molecule has 0 bridgehead atoms. The fraction of sp³-hybridized carbons (Fsp3) is 0.882. The van der Waals surface area contributed by atoms with E-state index in [9.17, 15) is 0 Å². The van der Waals surface area contributed by atoms with Crippen molar-refractivity contribution in [3.8, 4) is 0 Å². The monoisotopic (exact) mass is 284 g/mol. The van der Waals surface area contributed by atoms with Crippen LogP contribution >= 0.6 is 0 Å². The van der Waals surface area contributed by atoms with Gasteiger partial charge in [-0.1, -0.05) is 53.9 Å². The van der Waals surface area contributed by atoms with Crippen LogP contribution in [0.4, 0.5) is 0 Å². The molecule has 0 rings (SSSR count). The zero-order chi connectivity index (χ0) is 14.9. The van der Waals surface area contributed by atoms with E-state index in [2.05, 4.69) is 53.8 Å². The van der Waals surface area contributed by atoms with Gasteiger partial charge in [-0.05, 0) is 43.5 Å². The summed E-state index contributed by atoms with van der Waals surface area (Å²) in [4.78, 5) is 0. The highest BCUT2D eigenvalue weighted by atomic mass is 28.4. The van der Waals surface area contributed by atoms with E-state index in [4.69, 9.17) is 4.43 Å². The van der Waals surface area contributed by atoms with Gasteiger partial charge in [-0.2, -0.15) is 0 Å². The summed E-state index contributed by atoms with van der Waals surface area (Å²) in [5.41, 5.74) is 0. The van der Waals surface area contributed by atoms with E-state index in [1.54, 1.807) is 0 Å². The minimum Gasteiger partial charge on any atom is -0.547 e. The Morgan fingerprint density at radius 1 is 1.00 bits per heavy atom.